The first-order chi connectivity index (χ1) is 10.3. The van der Waals surface area contributed by atoms with Crippen LogP contribution in [0.5, 0.6) is 0 Å². The Labute approximate surface area is 121 Å². The molecule has 2 N–H and O–H groups in total. The average Bonchev–Trinajstić information content (AvgIpc) is 2.53. The van der Waals surface area contributed by atoms with Crippen LogP contribution in [0.15, 0.2) is 53.6 Å². The summed E-state index contributed by atoms with van der Waals surface area (Å²) in [4.78, 5) is 18.4. The molecule has 0 saturated carbocycles. The van der Waals surface area contributed by atoms with Gasteiger partial charge in [0, 0.05) is 24.2 Å². The largest absolute Gasteiger partial charge is 0.387 e. The molecule has 3 heterocycles. The molecular weight excluding hydrogens is 262 g/mol. The quantitative estimate of drug-likeness (QED) is 0.718. The SMILES string of the molecule is O=c1ccc2c(-c3ccc4c(c3)CNC=C4)ccnc2[nH]1. The van der Waals surface area contributed by atoms with Gasteiger partial charge in [0.1, 0.15) is 5.65 Å². The van der Waals surface area contributed by atoms with Gasteiger partial charge in [0.15, 0.2) is 0 Å². The summed E-state index contributed by atoms with van der Waals surface area (Å²) < 4.78 is 0. The first-order valence-electron chi connectivity index (χ1n) is 6.82. The Kier molecular flexibility index (Phi) is 2.60. The lowest BCUT2D eigenvalue weighted by molar-refractivity contribution is 0.859. The molecule has 0 fully saturated rings. The van der Waals surface area contributed by atoms with Crippen molar-refractivity contribution in [2.24, 2.45) is 0 Å². The second-order valence-electron chi connectivity index (χ2n) is 5.07. The van der Waals surface area contributed by atoms with Gasteiger partial charge in [0.2, 0.25) is 5.56 Å². The molecule has 0 amide bonds. The summed E-state index contributed by atoms with van der Waals surface area (Å²) in [7, 11) is 0. The molecule has 0 aliphatic carbocycles. The minimum absolute atomic E-state index is 0.132. The number of aromatic amines is 1. The van der Waals surface area contributed by atoms with Gasteiger partial charge >= 0.3 is 0 Å². The van der Waals surface area contributed by atoms with E-state index >= 15 is 0 Å². The summed E-state index contributed by atoms with van der Waals surface area (Å²) >= 11 is 0. The molecule has 0 bridgehead atoms. The predicted molar refractivity (Wildman–Crippen MR) is 83.7 cm³/mol. The van der Waals surface area contributed by atoms with Gasteiger partial charge in [-0.05, 0) is 52.7 Å². The minimum Gasteiger partial charge on any atom is -0.387 e. The van der Waals surface area contributed by atoms with Gasteiger partial charge < -0.3 is 10.3 Å². The Morgan fingerprint density at radius 2 is 2.05 bits per heavy atom. The van der Waals surface area contributed by atoms with Crippen molar-refractivity contribution in [2.75, 3.05) is 0 Å². The van der Waals surface area contributed by atoms with Crippen LogP contribution in [0, 0.1) is 0 Å². The molecule has 1 aliphatic heterocycles. The standard InChI is InChI=1S/C17H13N3O/c21-16-4-3-15-14(6-8-19-17(15)20-16)12-2-1-11-5-7-18-10-13(11)9-12/h1-9,18H,10H2,(H,19,20,21). The summed E-state index contributed by atoms with van der Waals surface area (Å²) in [6, 6.07) is 11.8. The molecule has 1 aromatic carbocycles. The van der Waals surface area contributed by atoms with Crippen LogP contribution in [0.3, 0.4) is 0 Å². The number of fused-ring (bicyclic) bond motifs is 2. The minimum atomic E-state index is -0.132. The van der Waals surface area contributed by atoms with E-state index in [1.165, 1.54) is 17.2 Å². The van der Waals surface area contributed by atoms with Crippen LogP contribution in [-0.2, 0) is 6.54 Å². The number of aromatic nitrogens is 2. The van der Waals surface area contributed by atoms with Crippen molar-refractivity contribution in [2.45, 2.75) is 6.54 Å². The molecule has 102 valence electrons. The molecule has 0 saturated heterocycles. The molecule has 1 aliphatic rings. The molecule has 21 heavy (non-hydrogen) atoms. The van der Waals surface area contributed by atoms with E-state index in [0.29, 0.717) is 5.65 Å². The molecule has 4 heteroatoms. The Hall–Kier alpha value is -2.88. The Balaban J connectivity index is 1.94. The van der Waals surface area contributed by atoms with E-state index < -0.39 is 0 Å². The number of hydrogen-bond donors (Lipinski definition) is 2. The lowest BCUT2D eigenvalue weighted by atomic mass is 9.96. The number of rotatable bonds is 1. The average molecular weight is 275 g/mol. The highest BCUT2D eigenvalue weighted by Crippen LogP contribution is 2.28. The zero-order valence-corrected chi connectivity index (χ0v) is 11.3. The Morgan fingerprint density at radius 1 is 1.10 bits per heavy atom. The van der Waals surface area contributed by atoms with Crippen LogP contribution < -0.4 is 10.9 Å². The van der Waals surface area contributed by atoms with E-state index in [9.17, 15) is 4.79 Å². The normalized spacial score (nSPS) is 13.0. The lowest BCUT2D eigenvalue weighted by Gasteiger charge is -2.14. The van der Waals surface area contributed by atoms with Gasteiger partial charge in [0.05, 0.1) is 0 Å². The summed E-state index contributed by atoms with van der Waals surface area (Å²) in [6.07, 6.45) is 5.77. The van der Waals surface area contributed by atoms with E-state index in [1.54, 1.807) is 6.20 Å². The molecule has 2 aromatic heterocycles. The van der Waals surface area contributed by atoms with E-state index in [0.717, 1.165) is 23.1 Å². The zero-order chi connectivity index (χ0) is 14.2. The number of nitrogens with one attached hydrogen (secondary N) is 2. The van der Waals surface area contributed by atoms with Gasteiger partial charge in [-0.2, -0.15) is 0 Å². The summed E-state index contributed by atoms with van der Waals surface area (Å²) in [5.41, 5.74) is 5.20. The first-order valence-corrected chi connectivity index (χ1v) is 6.82. The topological polar surface area (TPSA) is 57.8 Å². The molecule has 0 spiro atoms. The van der Waals surface area contributed by atoms with Crippen molar-refractivity contribution in [3.8, 4) is 11.1 Å². The van der Waals surface area contributed by atoms with Crippen LogP contribution in [-0.4, -0.2) is 9.97 Å². The van der Waals surface area contributed by atoms with Crippen LogP contribution >= 0.6 is 0 Å². The van der Waals surface area contributed by atoms with Crippen molar-refractivity contribution in [3.05, 3.63) is 70.3 Å². The van der Waals surface area contributed by atoms with Gasteiger partial charge in [-0.1, -0.05) is 12.1 Å². The third-order valence-corrected chi connectivity index (χ3v) is 3.76. The number of H-pyrrole nitrogens is 1. The molecule has 0 radical (unpaired) electrons. The number of benzene rings is 1. The monoisotopic (exact) mass is 275 g/mol. The fourth-order valence-corrected chi connectivity index (χ4v) is 2.72. The van der Waals surface area contributed by atoms with Gasteiger partial charge in [-0.25, -0.2) is 4.98 Å². The van der Waals surface area contributed by atoms with Crippen molar-refractivity contribution in [3.63, 3.8) is 0 Å². The Morgan fingerprint density at radius 3 is 3.00 bits per heavy atom. The van der Waals surface area contributed by atoms with Crippen molar-refractivity contribution in [1.29, 1.82) is 0 Å². The Bertz CT molecular complexity index is 925. The van der Waals surface area contributed by atoms with Crippen LogP contribution in [0.1, 0.15) is 11.1 Å². The van der Waals surface area contributed by atoms with Crippen molar-refractivity contribution < 1.29 is 0 Å². The first kappa shape index (κ1) is 11.9. The molecule has 4 nitrogen and oxygen atoms in total. The third-order valence-electron chi connectivity index (χ3n) is 3.76. The lowest BCUT2D eigenvalue weighted by Crippen LogP contribution is -2.10. The fourth-order valence-electron chi connectivity index (χ4n) is 2.72. The van der Waals surface area contributed by atoms with E-state index in [4.69, 9.17) is 0 Å². The predicted octanol–water partition coefficient (Wildman–Crippen LogP) is 2.66. The fraction of sp³-hybridized carbons (Fsp3) is 0.0588. The highest BCUT2D eigenvalue weighted by Gasteiger charge is 2.09. The van der Waals surface area contributed by atoms with Crippen molar-refractivity contribution in [1.82, 2.24) is 15.3 Å². The number of nitrogens with zero attached hydrogens (tertiary/aromatic N) is 1. The number of hydrogen-bond acceptors (Lipinski definition) is 3. The molecule has 3 aromatic rings. The number of pyridine rings is 2. The van der Waals surface area contributed by atoms with Gasteiger partial charge in [-0.15, -0.1) is 0 Å². The summed E-state index contributed by atoms with van der Waals surface area (Å²) in [5, 5.41) is 4.18. The maximum Gasteiger partial charge on any atom is 0.249 e. The second kappa shape index (κ2) is 4.59. The maximum absolute atomic E-state index is 11.4. The van der Waals surface area contributed by atoms with E-state index in [2.05, 4.69) is 39.6 Å². The zero-order valence-electron chi connectivity index (χ0n) is 11.3. The molecule has 4 rings (SSSR count). The summed E-state index contributed by atoms with van der Waals surface area (Å²) in [6.45, 7) is 0.833. The van der Waals surface area contributed by atoms with Crippen LogP contribution in [0.25, 0.3) is 28.2 Å². The smallest absolute Gasteiger partial charge is 0.249 e. The van der Waals surface area contributed by atoms with Crippen LogP contribution in [0.2, 0.25) is 0 Å². The van der Waals surface area contributed by atoms with Crippen LogP contribution in [0.4, 0.5) is 0 Å². The third kappa shape index (κ3) is 2.01. The van der Waals surface area contributed by atoms with Gasteiger partial charge in [0.25, 0.3) is 0 Å². The highest BCUT2D eigenvalue weighted by atomic mass is 16.1. The van der Waals surface area contributed by atoms with Gasteiger partial charge in [-0.3, -0.25) is 4.79 Å². The maximum atomic E-state index is 11.4. The second-order valence-corrected chi connectivity index (χ2v) is 5.07. The van der Waals surface area contributed by atoms with E-state index in [-0.39, 0.29) is 5.56 Å². The highest BCUT2D eigenvalue weighted by molar-refractivity contribution is 5.92. The molecular formula is C17H13N3O. The van der Waals surface area contributed by atoms with Crippen molar-refractivity contribution >= 4 is 17.1 Å². The summed E-state index contributed by atoms with van der Waals surface area (Å²) in [5.74, 6) is 0. The molecule has 0 unspecified atom stereocenters. The molecule has 0 atom stereocenters. The van der Waals surface area contributed by atoms with E-state index in [1.807, 2.05) is 18.3 Å².